The van der Waals surface area contributed by atoms with Crippen molar-refractivity contribution in [2.75, 3.05) is 6.54 Å². The highest BCUT2D eigenvalue weighted by Crippen LogP contribution is 2.41. The van der Waals surface area contributed by atoms with E-state index in [9.17, 15) is 24.3 Å². The average molecular weight is 597 g/mol. The van der Waals surface area contributed by atoms with Crippen LogP contribution in [0, 0.1) is 5.41 Å². The first-order chi connectivity index (χ1) is 20.9. The maximum atomic E-state index is 14.3. The molecule has 0 saturated carbocycles. The van der Waals surface area contributed by atoms with Gasteiger partial charge in [0, 0.05) is 13.0 Å². The van der Waals surface area contributed by atoms with Crippen LogP contribution in [-0.2, 0) is 43.2 Å². The van der Waals surface area contributed by atoms with Crippen LogP contribution in [0.2, 0.25) is 0 Å². The fraction of sp³-hybridized carbons (Fsp3) is 0.389. The Morgan fingerprint density at radius 3 is 2.09 bits per heavy atom. The molecule has 0 radical (unpaired) electrons. The van der Waals surface area contributed by atoms with Gasteiger partial charge in [-0.15, -0.1) is 0 Å². The summed E-state index contributed by atoms with van der Waals surface area (Å²) in [4.78, 5) is 54.8. The number of nitrogens with zero attached hydrogens (tertiary/aromatic N) is 1. The van der Waals surface area contributed by atoms with E-state index in [1.807, 2.05) is 78.9 Å². The number of carboxylic acids is 1. The highest BCUT2D eigenvalue weighted by Gasteiger charge is 2.48. The van der Waals surface area contributed by atoms with E-state index in [0.717, 1.165) is 27.8 Å². The quantitative estimate of drug-likeness (QED) is 0.337. The van der Waals surface area contributed by atoms with Crippen LogP contribution in [0.5, 0.6) is 0 Å². The number of nitrogens with one attached hydrogen (secondary N) is 1. The van der Waals surface area contributed by atoms with Gasteiger partial charge in [0.2, 0.25) is 11.8 Å². The van der Waals surface area contributed by atoms with Gasteiger partial charge in [-0.2, -0.15) is 0 Å². The summed E-state index contributed by atoms with van der Waals surface area (Å²) in [5.41, 5.74) is 3.01. The van der Waals surface area contributed by atoms with Gasteiger partial charge in [-0.25, -0.2) is 4.79 Å². The minimum atomic E-state index is -1.14. The molecule has 1 heterocycles. The normalized spacial score (nSPS) is 17.9. The van der Waals surface area contributed by atoms with E-state index in [-0.39, 0.29) is 12.8 Å². The Bertz CT molecular complexity index is 1500. The summed E-state index contributed by atoms with van der Waals surface area (Å²) in [6.45, 7) is 5.67. The van der Waals surface area contributed by atoms with Gasteiger partial charge in [-0.05, 0) is 74.3 Å². The summed E-state index contributed by atoms with van der Waals surface area (Å²) < 4.78 is 5.63. The molecule has 1 unspecified atom stereocenters. The van der Waals surface area contributed by atoms with Crippen molar-refractivity contribution >= 4 is 23.8 Å². The summed E-state index contributed by atoms with van der Waals surface area (Å²) in [6.07, 6.45) is 1.65. The van der Waals surface area contributed by atoms with Crippen molar-refractivity contribution in [3.63, 3.8) is 0 Å². The van der Waals surface area contributed by atoms with Crippen molar-refractivity contribution in [2.24, 2.45) is 5.41 Å². The second kappa shape index (κ2) is 12.6. The molecular weight excluding hydrogens is 556 g/mol. The van der Waals surface area contributed by atoms with Gasteiger partial charge in [-0.1, -0.05) is 78.9 Å². The monoisotopic (exact) mass is 596 g/mol. The van der Waals surface area contributed by atoms with Gasteiger partial charge >= 0.3 is 11.9 Å². The number of carbonyl (C=O) groups is 4. The molecule has 2 N–H and O–H groups in total. The van der Waals surface area contributed by atoms with E-state index in [1.54, 1.807) is 20.8 Å². The van der Waals surface area contributed by atoms with Crippen LogP contribution in [0.25, 0.3) is 11.1 Å². The number of hydrogen-bond donors (Lipinski definition) is 2. The molecule has 3 aromatic carbocycles. The molecule has 230 valence electrons. The standard InChI is InChI=1S/C36H40N2O6/c1-35(2,3)44-31(39)23-36(21-27-12-7-8-13-28(27)22-36)34(43)37-29(32(40)38-19-9-14-30(38)33(41)42)20-24-15-17-26(18-16-24)25-10-5-4-6-11-25/h4-8,10-13,15-18,29-30H,9,14,19-23H2,1-3H3,(H,37,43)(H,41,42)/t29-,30?/m0/s1. The SMILES string of the molecule is CC(C)(C)OC(=O)CC1(C(=O)N[C@@H](Cc2ccc(-c3ccccc3)cc2)C(=O)N2CCCC2C(=O)O)Cc2ccccc2C1. The largest absolute Gasteiger partial charge is 0.480 e. The maximum absolute atomic E-state index is 14.3. The third-order valence-electron chi connectivity index (χ3n) is 8.49. The molecule has 1 saturated heterocycles. The highest BCUT2D eigenvalue weighted by atomic mass is 16.6. The molecular formula is C36H40N2O6. The zero-order valence-corrected chi connectivity index (χ0v) is 25.5. The van der Waals surface area contributed by atoms with Crippen molar-refractivity contribution in [2.45, 2.75) is 77.0 Å². The lowest BCUT2D eigenvalue weighted by Crippen LogP contribution is -2.56. The Hall–Kier alpha value is -4.46. The molecule has 1 aliphatic heterocycles. The van der Waals surface area contributed by atoms with Crippen molar-refractivity contribution in [3.8, 4) is 11.1 Å². The molecule has 2 aliphatic rings. The number of ether oxygens (including phenoxy) is 1. The van der Waals surface area contributed by atoms with E-state index < -0.39 is 46.9 Å². The molecule has 8 nitrogen and oxygen atoms in total. The molecule has 2 amide bonds. The topological polar surface area (TPSA) is 113 Å². The Kier molecular flexibility index (Phi) is 8.90. The van der Waals surface area contributed by atoms with Crippen LogP contribution < -0.4 is 5.32 Å². The van der Waals surface area contributed by atoms with Crippen molar-refractivity contribution in [1.82, 2.24) is 10.2 Å². The number of rotatable bonds is 9. The fourth-order valence-electron chi connectivity index (χ4n) is 6.41. The molecule has 2 atom stereocenters. The Morgan fingerprint density at radius 1 is 0.909 bits per heavy atom. The van der Waals surface area contributed by atoms with Crippen molar-refractivity contribution in [3.05, 3.63) is 95.6 Å². The molecule has 44 heavy (non-hydrogen) atoms. The molecule has 0 bridgehead atoms. The van der Waals surface area contributed by atoms with Crippen molar-refractivity contribution < 1.29 is 29.0 Å². The molecule has 0 aromatic heterocycles. The average Bonchev–Trinajstić information content (AvgIpc) is 3.62. The number of benzene rings is 3. The number of esters is 1. The highest BCUT2D eigenvalue weighted by molar-refractivity contribution is 5.94. The van der Waals surface area contributed by atoms with Gasteiger partial charge in [0.1, 0.15) is 17.7 Å². The maximum Gasteiger partial charge on any atom is 0.326 e. The zero-order chi connectivity index (χ0) is 31.5. The smallest absolute Gasteiger partial charge is 0.326 e. The number of hydrogen-bond acceptors (Lipinski definition) is 5. The molecule has 1 fully saturated rings. The lowest BCUT2D eigenvalue weighted by molar-refractivity contribution is -0.160. The van der Waals surface area contributed by atoms with E-state index in [1.165, 1.54) is 4.90 Å². The van der Waals surface area contributed by atoms with E-state index in [4.69, 9.17) is 4.74 Å². The summed E-state index contributed by atoms with van der Waals surface area (Å²) in [5.74, 6) is -2.38. The second-order valence-electron chi connectivity index (χ2n) is 13.0. The first-order valence-electron chi connectivity index (χ1n) is 15.2. The van der Waals surface area contributed by atoms with Gasteiger partial charge in [0.25, 0.3) is 0 Å². The zero-order valence-electron chi connectivity index (χ0n) is 25.5. The molecule has 5 rings (SSSR count). The summed E-state index contributed by atoms with van der Waals surface area (Å²) in [6, 6.07) is 23.5. The van der Waals surface area contributed by atoms with Crippen LogP contribution in [0.3, 0.4) is 0 Å². The Labute approximate surface area is 258 Å². The first kappa shape index (κ1) is 31.0. The number of likely N-dealkylation sites (tertiary alicyclic amines) is 1. The van der Waals surface area contributed by atoms with Gasteiger partial charge in [0.15, 0.2) is 0 Å². The molecule has 0 spiro atoms. The predicted molar refractivity (Wildman–Crippen MR) is 167 cm³/mol. The van der Waals surface area contributed by atoms with Gasteiger partial charge in [-0.3, -0.25) is 14.4 Å². The van der Waals surface area contributed by atoms with Crippen molar-refractivity contribution in [1.29, 1.82) is 0 Å². The van der Waals surface area contributed by atoms with Crippen LogP contribution >= 0.6 is 0 Å². The number of fused-ring (bicyclic) bond motifs is 1. The fourth-order valence-corrected chi connectivity index (χ4v) is 6.41. The Morgan fingerprint density at radius 2 is 1.50 bits per heavy atom. The lowest BCUT2D eigenvalue weighted by atomic mass is 9.79. The molecule has 3 aromatic rings. The van der Waals surface area contributed by atoms with E-state index >= 15 is 0 Å². The summed E-state index contributed by atoms with van der Waals surface area (Å²) >= 11 is 0. The van der Waals surface area contributed by atoms with Crippen LogP contribution in [0.4, 0.5) is 0 Å². The summed E-state index contributed by atoms with van der Waals surface area (Å²) in [7, 11) is 0. The first-order valence-corrected chi connectivity index (χ1v) is 15.2. The van der Waals surface area contributed by atoms with E-state index in [2.05, 4.69) is 5.32 Å². The van der Waals surface area contributed by atoms with Crippen LogP contribution in [-0.4, -0.2) is 58.0 Å². The molecule has 8 heteroatoms. The number of aliphatic carboxylic acids is 1. The van der Waals surface area contributed by atoms with Crippen LogP contribution in [0.1, 0.15) is 56.7 Å². The number of carboxylic acid groups (broad SMARTS) is 1. The van der Waals surface area contributed by atoms with E-state index in [0.29, 0.717) is 32.2 Å². The third-order valence-corrected chi connectivity index (χ3v) is 8.49. The second-order valence-corrected chi connectivity index (χ2v) is 13.0. The van der Waals surface area contributed by atoms with Gasteiger partial charge in [0.05, 0.1) is 11.8 Å². The number of carbonyl (C=O) groups excluding carboxylic acids is 3. The third kappa shape index (κ3) is 7.01. The number of amides is 2. The summed E-state index contributed by atoms with van der Waals surface area (Å²) in [5, 5.41) is 12.8. The predicted octanol–water partition coefficient (Wildman–Crippen LogP) is 4.97. The van der Waals surface area contributed by atoms with Gasteiger partial charge < -0.3 is 20.1 Å². The minimum Gasteiger partial charge on any atom is -0.480 e. The molecule has 1 aliphatic carbocycles. The minimum absolute atomic E-state index is 0.140. The lowest BCUT2D eigenvalue weighted by Gasteiger charge is -2.32. The Balaban J connectivity index is 1.44. The van der Waals surface area contributed by atoms with Crippen LogP contribution in [0.15, 0.2) is 78.9 Å².